The van der Waals surface area contributed by atoms with Crippen LogP contribution in [0.25, 0.3) is 0 Å². The Balaban J connectivity index is 2.02. The summed E-state index contributed by atoms with van der Waals surface area (Å²) < 4.78 is 0. The molecule has 1 aromatic carbocycles. The fraction of sp³-hybridized carbons (Fsp3) is 0.429. The lowest BCUT2D eigenvalue weighted by Crippen LogP contribution is -2.26. The molecule has 0 aromatic heterocycles. The predicted molar refractivity (Wildman–Crippen MR) is 77.6 cm³/mol. The minimum Gasteiger partial charge on any atom is -0.352 e. The number of hydrogen-bond acceptors (Lipinski definition) is 3. The van der Waals surface area contributed by atoms with Crippen molar-refractivity contribution in [1.29, 1.82) is 0 Å². The monoisotopic (exact) mass is 278 g/mol. The molecular formula is C14H18N2O2S. The van der Waals surface area contributed by atoms with Crippen molar-refractivity contribution in [3.63, 3.8) is 0 Å². The van der Waals surface area contributed by atoms with Crippen LogP contribution in [0, 0.1) is 5.92 Å². The van der Waals surface area contributed by atoms with E-state index in [2.05, 4.69) is 24.5 Å². The second-order valence-electron chi connectivity index (χ2n) is 4.99. The molecule has 0 fully saturated rings. The maximum atomic E-state index is 12.0. The number of anilines is 1. The lowest BCUT2D eigenvalue weighted by Gasteiger charge is -2.17. The van der Waals surface area contributed by atoms with Gasteiger partial charge in [0.15, 0.2) is 0 Å². The summed E-state index contributed by atoms with van der Waals surface area (Å²) in [5.74, 6) is 0.898. The second kappa shape index (κ2) is 6.10. The SMILES string of the molecule is CC(C)CCNC(=O)c1ccc2c(c1)NC(=O)CS2. The Kier molecular flexibility index (Phi) is 4.47. The van der Waals surface area contributed by atoms with E-state index in [0.717, 1.165) is 17.0 Å². The Hall–Kier alpha value is -1.49. The van der Waals surface area contributed by atoms with Crippen LogP contribution in [0.4, 0.5) is 5.69 Å². The Morgan fingerprint density at radius 3 is 3.00 bits per heavy atom. The van der Waals surface area contributed by atoms with Crippen LogP contribution in [0.2, 0.25) is 0 Å². The molecule has 2 rings (SSSR count). The lowest BCUT2D eigenvalue weighted by atomic mass is 10.1. The molecule has 0 radical (unpaired) electrons. The third kappa shape index (κ3) is 3.73. The molecule has 0 bridgehead atoms. The average Bonchev–Trinajstić information content (AvgIpc) is 2.37. The lowest BCUT2D eigenvalue weighted by molar-refractivity contribution is -0.113. The fourth-order valence-corrected chi connectivity index (χ4v) is 2.59. The van der Waals surface area contributed by atoms with Crippen LogP contribution in [0.5, 0.6) is 0 Å². The Bertz CT molecular complexity index is 500. The highest BCUT2D eigenvalue weighted by atomic mass is 32.2. The number of rotatable bonds is 4. The van der Waals surface area contributed by atoms with Crippen LogP contribution >= 0.6 is 11.8 Å². The van der Waals surface area contributed by atoms with Gasteiger partial charge in [-0.15, -0.1) is 11.8 Å². The molecule has 5 heteroatoms. The van der Waals surface area contributed by atoms with Crippen LogP contribution in [0.3, 0.4) is 0 Å². The summed E-state index contributed by atoms with van der Waals surface area (Å²) in [4.78, 5) is 24.3. The molecule has 1 aliphatic rings. The highest BCUT2D eigenvalue weighted by Gasteiger charge is 2.17. The van der Waals surface area contributed by atoms with Crippen LogP contribution in [0.1, 0.15) is 30.6 Å². The van der Waals surface area contributed by atoms with Gasteiger partial charge in [0.25, 0.3) is 5.91 Å². The van der Waals surface area contributed by atoms with Crippen LogP contribution in [0.15, 0.2) is 23.1 Å². The summed E-state index contributed by atoms with van der Waals surface area (Å²) in [7, 11) is 0. The van der Waals surface area contributed by atoms with E-state index in [1.54, 1.807) is 12.1 Å². The van der Waals surface area contributed by atoms with E-state index in [9.17, 15) is 9.59 Å². The minimum atomic E-state index is -0.0896. The van der Waals surface area contributed by atoms with E-state index in [0.29, 0.717) is 23.8 Å². The number of carbonyl (C=O) groups excluding carboxylic acids is 2. The number of nitrogens with one attached hydrogen (secondary N) is 2. The van der Waals surface area contributed by atoms with Gasteiger partial charge in [0.2, 0.25) is 5.91 Å². The molecule has 2 amide bonds. The Labute approximate surface area is 117 Å². The van der Waals surface area contributed by atoms with Crippen LogP contribution < -0.4 is 10.6 Å². The second-order valence-corrected chi connectivity index (χ2v) is 6.00. The fourth-order valence-electron chi connectivity index (χ4n) is 1.80. The van der Waals surface area contributed by atoms with E-state index in [1.165, 1.54) is 11.8 Å². The molecule has 0 spiro atoms. The van der Waals surface area contributed by atoms with Crippen molar-refractivity contribution in [2.75, 3.05) is 17.6 Å². The zero-order chi connectivity index (χ0) is 13.8. The van der Waals surface area contributed by atoms with Gasteiger partial charge >= 0.3 is 0 Å². The van der Waals surface area contributed by atoms with Gasteiger partial charge in [-0.3, -0.25) is 9.59 Å². The zero-order valence-corrected chi connectivity index (χ0v) is 12.0. The van der Waals surface area contributed by atoms with Crippen molar-refractivity contribution in [2.45, 2.75) is 25.2 Å². The van der Waals surface area contributed by atoms with Gasteiger partial charge in [0.1, 0.15) is 0 Å². The van der Waals surface area contributed by atoms with Crippen molar-refractivity contribution in [1.82, 2.24) is 5.32 Å². The maximum absolute atomic E-state index is 12.0. The first-order chi connectivity index (χ1) is 9.06. The predicted octanol–water partition coefficient (Wildman–Crippen LogP) is 2.51. The molecule has 19 heavy (non-hydrogen) atoms. The number of amides is 2. The number of benzene rings is 1. The summed E-state index contributed by atoms with van der Waals surface area (Å²) in [6, 6.07) is 5.43. The molecule has 1 aromatic rings. The van der Waals surface area contributed by atoms with Crippen molar-refractivity contribution in [2.24, 2.45) is 5.92 Å². The molecule has 1 heterocycles. The maximum Gasteiger partial charge on any atom is 0.251 e. The van der Waals surface area contributed by atoms with Gasteiger partial charge in [-0.05, 0) is 30.5 Å². The summed E-state index contributed by atoms with van der Waals surface area (Å²) >= 11 is 1.50. The number of fused-ring (bicyclic) bond motifs is 1. The summed E-state index contributed by atoms with van der Waals surface area (Å²) in [6.07, 6.45) is 0.962. The summed E-state index contributed by atoms with van der Waals surface area (Å²) in [5, 5.41) is 5.68. The highest BCUT2D eigenvalue weighted by molar-refractivity contribution is 8.00. The average molecular weight is 278 g/mol. The van der Waals surface area contributed by atoms with Crippen molar-refractivity contribution >= 4 is 29.3 Å². The quantitative estimate of drug-likeness (QED) is 0.889. The molecule has 0 aliphatic carbocycles. The molecule has 102 valence electrons. The summed E-state index contributed by atoms with van der Waals surface area (Å²) in [5.41, 5.74) is 1.32. The first-order valence-electron chi connectivity index (χ1n) is 6.41. The Morgan fingerprint density at radius 1 is 1.47 bits per heavy atom. The number of carbonyl (C=O) groups is 2. The number of thioether (sulfide) groups is 1. The van der Waals surface area contributed by atoms with Gasteiger partial charge < -0.3 is 10.6 Å². The third-order valence-electron chi connectivity index (χ3n) is 2.88. The molecule has 0 unspecified atom stereocenters. The third-order valence-corrected chi connectivity index (χ3v) is 3.96. The smallest absolute Gasteiger partial charge is 0.251 e. The van der Waals surface area contributed by atoms with Crippen molar-refractivity contribution in [3.8, 4) is 0 Å². The molecular weight excluding hydrogens is 260 g/mol. The van der Waals surface area contributed by atoms with E-state index in [1.807, 2.05) is 6.07 Å². The van der Waals surface area contributed by atoms with E-state index in [4.69, 9.17) is 0 Å². The van der Waals surface area contributed by atoms with E-state index >= 15 is 0 Å². The standard InChI is InChI=1S/C14H18N2O2S/c1-9(2)5-6-15-14(18)10-3-4-12-11(7-10)16-13(17)8-19-12/h3-4,7,9H,5-6,8H2,1-2H3,(H,15,18)(H,16,17). The van der Waals surface area contributed by atoms with E-state index < -0.39 is 0 Å². The Morgan fingerprint density at radius 2 is 2.26 bits per heavy atom. The van der Waals surface area contributed by atoms with Gasteiger partial charge in [0, 0.05) is 17.0 Å². The van der Waals surface area contributed by atoms with E-state index in [-0.39, 0.29) is 11.8 Å². The zero-order valence-electron chi connectivity index (χ0n) is 11.2. The van der Waals surface area contributed by atoms with Gasteiger partial charge in [-0.25, -0.2) is 0 Å². The first-order valence-corrected chi connectivity index (χ1v) is 7.39. The largest absolute Gasteiger partial charge is 0.352 e. The van der Waals surface area contributed by atoms with Crippen molar-refractivity contribution in [3.05, 3.63) is 23.8 Å². The highest BCUT2D eigenvalue weighted by Crippen LogP contribution is 2.31. The summed E-state index contributed by atoms with van der Waals surface area (Å²) in [6.45, 7) is 4.92. The molecule has 0 saturated carbocycles. The molecule has 0 atom stereocenters. The molecule has 1 aliphatic heterocycles. The van der Waals surface area contributed by atoms with Crippen molar-refractivity contribution < 1.29 is 9.59 Å². The topological polar surface area (TPSA) is 58.2 Å². The van der Waals surface area contributed by atoms with Gasteiger partial charge in [-0.1, -0.05) is 13.8 Å². The van der Waals surface area contributed by atoms with Crippen LogP contribution in [-0.2, 0) is 4.79 Å². The minimum absolute atomic E-state index is 0.0186. The molecule has 4 nitrogen and oxygen atoms in total. The van der Waals surface area contributed by atoms with Gasteiger partial charge in [0.05, 0.1) is 11.4 Å². The normalized spacial score (nSPS) is 13.9. The van der Waals surface area contributed by atoms with Gasteiger partial charge in [-0.2, -0.15) is 0 Å². The first kappa shape index (κ1) is 13.9. The molecule has 2 N–H and O–H groups in total. The number of hydrogen-bond donors (Lipinski definition) is 2. The molecule has 0 saturated heterocycles. The van der Waals surface area contributed by atoms with Crippen LogP contribution in [-0.4, -0.2) is 24.1 Å².